The van der Waals surface area contributed by atoms with Crippen LogP contribution in [0.3, 0.4) is 0 Å². The van der Waals surface area contributed by atoms with E-state index in [-0.39, 0.29) is 11.3 Å². The minimum absolute atomic E-state index is 0.00678. The van der Waals surface area contributed by atoms with E-state index in [9.17, 15) is 4.79 Å². The number of hydrogen-bond acceptors (Lipinski definition) is 5. The molecule has 3 aromatic rings. The maximum absolute atomic E-state index is 12.9. The normalized spacial score (nSPS) is 15.3. The molecule has 1 atom stereocenters. The van der Waals surface area contributed by atoms with Crippen molar-refractivity contribution in [2.45, 2.75) is 32.3 Å². The van der Waals surface area contributed by atoms with E-state index in [4.69, 9.17) is 4.74 Å². The third-order valence-electron chi connectivity index (χ3n) is 6.16. The number of amides is 1. The van der Waals surface area contributed by atoms with E-state index in [1.807, 2.05) is 30.0 Å². The average molecular weight is 431 g/mol. The molecule has 1 aliphatic heterocycles. The standard InChI is InChI=1S/C26H30N4O2/c1-20(24(31)29-16-18-30(19-17-29)25-27-14-7-15-28-25)32-23-12-10-22(11-13-23)26(2,3)21-8-5-4-6-9-21/h4-15,20H,16-19H2,1-3H3/t20-/m0/s1. The second kappa shape index (κ2) is 9.39. The molecule has 0 aliphatic carbocycles. The summed E-state index contributed by atoms with van der Waals surface area (Å²) in [6.07, 6.45) is 2.94. The summed E-state index contributed by atoms with van der Waals surface area (Å²) in [5.41, 5.74) is 2.36. The number of nitrogens with zero attached hydrogens (tertiary/aromatic N) is 4. The van der Waals surface area contributed by atoms with Gasteiger partial charge in [0.1, 0.15) is 5.75 Å². The van der Waals surface area contributed by atoms with Gasteiger partial charge in [-0.15, -0.1) is 0 Å². The van der Waals surface area contributed by atoms with Crippen molar-refractivity contribution in [3.05, 3.63) is 84.2 Å². The number of ether oxygens (including phenoxy) is 1. The lowest BCUT2D eigenvalue weighted by atomic mass is 9.78. The van der Waals surface area contributed by atoms with Crippen molar-refractivity contribution in [1.29, 1.82) is 0 Å². The molecule has 0 N–H and O–H groups in total. The van der Waals surface area contributed by atoms with Crippen LogP contribution in [0.5, 0.6) is 5.75 Å². The molecule has 1 amide bonds. The Morgan fingerprint density at radius 2 is 1.47 bits per heavy atom. The second-order valence-corrected chi connectivity index (χ2v) is 8.64. The lowest BCUT2D eigenvalue weighted by Crippen LogP contribution is -2.52. The van der Waals surface area contributed by atoms with E-state index in [2.05, 4.69) is 65.1 Å². The summed E-state index contributed by atoms with van der Waals surface area (Å²) < 4.78 is 5.98. The largest absolute Gasteiger partial charge is 0.481 e. The highest BCUT2D eigenvalue weighted by Gasteiger charge is 2.27. The maximum atomic E-state index is 12.9. The van der Waals surface area contributed by atoms with Crippen molar-refractivity contribution in [2.75, 3.05) is 31.1 Å². The lowest BCUT2D eigenvalue weighted by molar-refractivity contribution is -0.138. The van der Waals surface area contributed by atoms with Crippen LogP contribution in [0, 0.1) is 0 Å². The van der Waals surface area contributed by atoms with Gasteiger partial charge in [-0.05, 0) is 36.2 Å². The molecule has 6 nitrogen and oxygen atoms in total. The number of piperazine rings is 1. The van der Waals surface area contributed by atoms with Gasteiger partial charge in [0.15, 0.2) is 6.10 Å². The number of rotatable bonds is 6. The van der Waals surface area contributed by atoms with Crippen molar-refractivity contribution in [1.82, 2.24) is 14.9 Å². The summed E-state index contributed by atoms with van der Waals surface area (Å²) in [4.78, 5) is 25.5. The predicted octanol–water partition coefficient (Wildman–Crippen LogP) is 3.92. The summed E-state index contributed by atoms with van der Waals surface area (Å²) in [7, 11) is 0. The molecule has 1 saturated heterocycles. The van der Waals surface area contributed by atoms with E-state index in [1.54, 1.807) is 18.5 Å². The molecule has 32 heavy (non-hydrogen) atoms. The zero-order valence-electron chi connectivity index (χ0n) is 18.9. The zero-order chi connectivity index (χ0) is 22.6. The number of hydrogen-bond donors (Lipinski definition) is 0. The SMILES string of the molecule is C[C@H](Oc1ccc(C(C)(C)c2ccccc2)cc1)C(=O)N1CCN(c2ncccn2)CC1. The predicted molar refractivity (Wildman–Crippen MR) is 126 cm³/mol. The molecule has 2 aromatic carbocycles. The Bertz CT molecular complexity index is 1010. The van der Waals surface area contributed by atoms with Crippen LogP contribution in [0.2, 0.25) is 0 Å². The topological polar surface area (TPSA) is 58.6 Å². The highest BCUT2D eigenvalue weighted by molar-refractivity contribution is 5.81. The fourth-order valence-electron chi connectivity index (χ4n) is 4.06. The van der Waals surface area contributed by atoms with Gasteiger partial charge in [-0.1, -0.05) is 56.3 Å². The van der Waals surface area contributed by atoms with Crippen molar-refractivity contribution >= 4 is 11.9 Å². The summed E-state index contributed by atoms with van der Waals surface area (Å²) >= 11 is 0. The van der Waals surface area contributed by atoms with Crippen molar-refractivity contribution in [3.8, 4) is 5.75 Å². The molecule has 0 spiro atoms. The van der Waals surface area contributed by atoms with E-state index in [1.165, 1.54) is 11.1 Å². The van der Waals surface area contributed by atoms with E-state index in [0.29, 0.717) is 37.9 Å². The summed E-state index contributed by atoms with van der Waals surface area (Å²) in [6.45, 7) is 8.94. The smallest absolute Gasteiger partial charge is 0.263 e. The Labute approximate surface area is 189 Å². The van der Waals surface area contributed by atoms with Crippen LogP contribution in [-0.2, 0) is 10.2 Å². The highest BCUT2D eigenvalue weighted by atomic mass is 16.5. The fraction of sp³-hybridized carbons (Fsp3) is 0.346. The Kier molecular flexibility index (Phi) is 6.40. The lowest BCUT2D eigenvalue weighted by Gasteiger charge is -2.35. The van der Waals surface area contributed by atoms with Gasteiger partial charge in [-0.2, -0.15) is 0 Å². The first-order chi connectivity index (χ1) is 15.4. The first kappa shape index (κ1) is 21.8. The Balaban J connectivity index is 1.34. The quantitative estimate of drug-likeness (QED) is 0.593. The molecule has 0 radical (unpaired) electrons. The van der Waals surface area contributed by atoms with E-state index in [0.717, 1.165) is 0 Å². The summed E-state index contributed by atoms with van der Waals surface area (Å²) in [5.74, 6) is 1.42. The summed E-state index contributed by atoms with van der Waals surface area (Å²) in [6, 6.07) is 20.3. The molecule has 1 fully saturated rings. The average Bonchev–Trinajstić information content (AvgIpc) is 2.85. The second-order valence-electron chi connectivity index (χ2n) is 8.64. The summed E-state index contributed by atoms with van der Waals surface area (Å²) in [5, 5.41) is 0. The van der Waals surface area contributed by atoms with E-state index >= 15 is 0 Å². The minimum atomic E-state index is -0.539. The van der Waals surface area contributed by atoms with Gasteiger partial charge in [-0.25, -0.2) is 9.97 Å². The number of aromatic nitrogens is 2. The minimum Gasteiger partial charge on any atom is -0.481 e. The molecule has 0 bridgehead atoms. The molecule has 1 aromatic heterocycles. The number of anilines is 1. The van der Waals surface area contributed by atoms with Gasteiger partial charge >= 0.3 is 0 Å². The van der Waals surface area contributed by atoms with E-state index < -0.39 is 6.10 Å². The van der Waals surface area contributed by atoms with Crippen LogP contribution in [-0.4, -0.2) is 53.1 Å². The van der Waals surface area contributed by atoms with Gasteiger partial charge in [0.05, 0.1) is 0 Å². The Morgan fingerprint density at radius 3 is 2.09 bits per heavy atom. The van der Waals surface area contributed by atoms with Crippen LogP contribution < -0.4 is 9.64 Å². The third-order valence-corrected chi connectivity index (χ3v) is 6.16. The third kappa shape index (κ3) is 4.74. The van der Waals surface area contributed by atoms with Crippen LogP contribution in [0.15, 0.2) is 73.1 Å². The van der Waals surface area contributed by atoms with Crippen LogP contribution in [0.25, 0.3) is 0 Å². The van der Waals surface area contributed by atoms with Crippen molar-refractivity contribution < 1.29 is 9.53 Å². The molecule has 2 heterocycles. The highest BCUT2D eigenvalue weighted by Crippen LogP contribution is 2.32. The van der Waals surface area contributed by atoms with Crippen molar-refractivity contribution in [3.63, 3.8) is 0 Å². The van der Waals surface area contributed by atoms with Crippen LogP contribution in [0.1, 0.15) is 31.9 Å². The Morgan fingerprint density at radius 1 is 0.875 bits per heavy atom. The van der Waals surface area contributed by atoms with Gasteiger partial charge in [0.25, 0.3) is 5.91 Å². The molecule has 6 heteroatoms. The fourth-order valence-corrected chi connectivity index (χ4v) is 4.06. The molecule has 4 rings (SSSR count). The molecule has 166 valence electrons. The maximum Gasteiger partial charge on any atom is 0.263 e. The number of carbonyl (C=O) groups excluding carboxylic acids is 1. The monoisotopic (exact) mass is 430 g/mol. The first-order valence-corrected chi connectivity index (χ1v) is 11.1. The number of carbonyl (C=O) groups is 1. The molecule has 0 unspecified atom stereocenters. The molecule has 0 saturated carbocycles. The van der Waals surface area contributed by atoms with Gasteiger partial charge in [0, 0.05) is 44.0 Å². The Hall–Kier alpha value is -3.41. The van der Waals surface area contributed by atoms with Gasteiger partial charge < -0.3 is 14.5 Å². The molecular formula is C26H30N4O2. The zero-order valence-corrected chi connectivity index (χ0v) is 18.9. The van der Waals surface area contributed by atoms with Gasteiger partial charge in [0.2, 0.25) is 5.95 Å². The van der Waals surface area contributed by atoms with Crippen LogP contribution >= 0.6 is 0 Å². The number of benzene rings is 2. The van der Waals surface area contributed by atoms with Crippen molar-refractivity contribution in [2.24, 2.45) is 0 Å². The van der Waals surface area contributed by atoms with Crippen LogP contribution in [0.4, 0.5) is 5.95 Å². The molecule has 1 aliphatic rings. The van der Waals surface area contributed by atoms with Gasteiger partial charge in [-0.3, -0.25) is 4.79 Å². The molecular weight excluding hydrogens is 400 g/mol. The first-order valence-electron chi connectivity index (χ1n) is 11.1.